The van der Waals surface area contributed by atoms with Crippen LogP contribution in [0.2, 0.25) is 0 Å². The zero-order valence-corrected chi connectivity index (χ0v) is 6.20. The van der Waals surface area contributed by atoms with Gasteiger partial charge in [0.15, 0.2) is 0 Å². The van der Waals surface area contributed by atoms with Gasteiger partial charge in [0.2, 0.25) is 0 Å². The molecule has 13 heavy (non-hydrogen) atoms. The monoisotopic (exact) mass is 220 g/mol. The Balaban J connectivity index is -0.000000117. The van der Waals surface area contributed by atoms with Gasteiger partial charge in [-0.25, -0.2) is 0 Å². The van der Waals surface area contributed by atoms with Crippen LogP contribution in [-0.2, 0) is 10.4 Å². The number of rotatable bonds is 0. The Bertz CT molecular complexity index is 208. The molecule has 12 nitrogen and oxygen atoms in total. The van der Waals surface area contributed by atoms with E-state index in [1.807, 2.05) is 0 Å². The Morgan fingerprint density at radius 1 is 0.769 bits per heavy atom. The van der Waals surface area contributed by atoms with E-state index in [0.717, 1.165) is 0 Å². The first kappa shape index (κ1) is 17.4. The van der Waals surface area contributed by atoms with Crippen molar-refractivity contribution in [3.63, 3.8) is 0 Å². The zero-order chi connectivity index (χ0) is 11.7. The van der Waals surface area contributed by atoms with Crippen LogP contribution in [0.1, 0.15) is 0 Å². The lowest BCUT2D eigenvalue weighted by Gasteiger charge is -2.06. The predicted octanol–water partition coefficient (Wildman–Crippen LogP) is -1.82. The van der Waals surface area contributed by atoms with Crippen molar-refractivity contribution in [3.05, 3.63) is 30.6 Å². The first-order valence-corrected chi connectivity index (χ1v) is 3.10. The van der Waals surface area contributed by atoms with E-state index in [9.17, 15) is 0 Å². The SMILES string of the molecule is O=S(=O)([O-])[O-].O=[N+]([O-])[O-].O=[N+]([O-])[O-]. The number of hydrogen-bond donors (Lipinski definition) is 0. The maximum Gasteiger partial charge on any atom is 0.0689 e. The maximum absolute atomic E-state index is 8.52. The van der Waals surface area contributed by atoms with Crippen LogP contribution in [0.15, 0.2) is 0 Å². The molecule has 0 atom stereocenters. The summed E-state index contributed by atoms with van der Waals surface area (Å²) in [4.78, 5) is 16.5. The highest BCUT2D eigenvalue weighted by Gasteiger charge is 1.49. The molecule has 0 bridgehead atoms. The van der Waals surface area contributed by atoms with Crippen molar-refractivity contribution in [2.75, 3.05) is 0 Å². The molecule has 0 aliphatic rings. The van der Waals surface area contributed by atoms with Crippen molar-refractivity contribution < 1.29 is 27.7 Å². The molecule has 0 aromatic heterocycles. The molecule has 0 amide bonds. The molecule has 0 rings (SSSR count). The molecule has 0 saturated carbocycles. The van der Waals surface area contributed by atoms with Gasteiger partial charge in [-0.3, -0.25) is 8.42 Å². The minimum absolute atomic E-state index is 1.75. The van der Waals surface area contributed by atoms with Crippen LogP contribution in [0.5, 0.6) is 0 Å². The van der Waals surface area contributed by atoms with Crippen molar-refractivity contribution in [2.45, 2.75) is 0 Å². The second kappa shape index (κ2) is 8.37. The highest BCUT2D eigenvalue weighted by molar-refractivity contribution is 7.79. The van der Waals surface area contributed by atoms with Crippen LogP contribution in [0.25, 0.3) is 0 Å². The van der Waals surface area contributed by atoms with Gasteiger partial charge in [0.25, 0.3) is 0 Å². The average Bonchev–Trinajstić information content (AvgIpc) is 1.50. The standard InChI is InChI=1S/2NO3.H2O4S/c2*2-1(3)4;1-5(2,3)4/h;;(H2,1,2,3,4)/q2*-1;/p-2. The first-order chi connectivity index (χ1) is 5.46. The summed E-state index contributed by atoms with van der Waals surface area (Å²) in [6.07, 6.45) is 0. The van der Waals surface area contributed by atoms with Gasteiger partial charge in [-0.2, -0.15) is 0 Å². The molecule has 0 aliphatic heterocycles. The van der Waals surface area contributed by atoms with Gasteiger partial charge in [-0.1, -0.05) is 0 Å². The molecule has 0 heterocycles. The van der Waals surface area contributed by atoms with E-state index >= 15 is 0 Å². The van der Waals surface area contributed by atoms with Gasteiger partial charge < -0.3 is 39.7 Å². The van der Waals surface area contributed by atoms with Crippen molar-refractivity contribution in [2.24, 2.45) is 0 Å². The molecule has 0 aromatic carbocycles. The maximum atomic E-state index is 8.52. The van der Waals surface area contributed by atoms with Crippen LogP contribution in [0.4, 0.5) is 0 Å². The first-order valence-electron chi connectivity index (χ1n) is 1.76. The Labute approximate surface area is 69.8 Å². The zero-order valence-electron chi connectivity index (χ0n) is 5.39. The van der Waals surface area contributed by atoms with E-state index in [1.54, 1.807) is 0 Å². The molecule has 0 aliphatic carbocycles. The summed E-state index contributed by atoms with van der Waals surface area (Å²) in [5.41, 5.74) is 0. The third kappa shape index (κ3) is 235. The summed E-state index contributed by atoms with van der Waals surface area (Å²) in [6.45, 7) is 0. The molecule has 0 N–H and O–H groups in total. The van der Waals surface area contributed by atoms with Gasteiger partial charge in [0.1, 0.15) is 0 Å². The summed E-state index contributed by atoms with van der Waals surface area (Å²) in [5, 5.41) is 29.5. The fraction of sp³-hybridized carbons (Fsp3) is 0. The topological polar surface area (TPSA) is 213 Å². The Morgan fingerprint density at radius 2 is 0.769 bits per heavy atom. The van der Waals surface area contributed by atoms with Gasteiger partial charge in [-0.05, 0) is 0 Å². The van der Waals surface area contributed by atoms with E-state index < -0.39 is 20.6 Å². The van der Waals surface area contributed by atoms with Crippen molar-refractivity contribution >= 4 is 10.4 Å². The van der Waals surface area contributed by atoms with E-state index in [1.165, 1.54) is 0 Å². The van der Waals surface area contributed by atoms with Gasteiger partial charge >= 0.3 is 0 Å². The van der Waals surface area contributed by atoms with Gasteiger partial charge in [-0.15, -0.1) is 0 Å². The van der Waals surface area contributed by atoms with Crippen molar-refractivity contribution in [3.8, 4) is 0 Å². The van der Waals surface area contributed by atoms with Crippen LogP contribution in [-0.4, -0.2) is 27.7 Å². The number of nitrogens with zero attached hydrogens (tertiary/aromatic N) is 2. The second-order valence-corrected chi connectivity index (χ2v) is 1.67. The quantitative estimate of drug-likeness (QED) is 0.192. The highest BCUT2D eigenvalue weighted by atomic mass is 32.3. The molecule has 0 fully saturated rings. The summed E-state index contributed by atoms with van der Waals surface area (Å²) in [5.74, 6) is 0. The van der Waals surface area contributed by atoms with E-state index in [0.29, 0.717) is 0 Å². The number of hydrogen-bond acceptors (Lipinski definition) is 10. The molecular formula is N2O10S-4. The fourth-order valence-electron chi connectivity index (χ4n) is 0. The Hall–Kier alpha value is -1.73. The van der Waals surface area contributed by atoms with Crippen molar-refractivity contribution in [1.29, 1.82) is 0 Å². The van der Waals surface area contributed by atoms with E-state index in [-0.39, 0.29) is 0 Å². The van der Waals surface area contributed by atoms with Crippen molar-refractivity contribution in [1.82, 2.24) is 0 Å². The molecule has 0 spiro atoms. The van der Waals surface area contributed by atoms with Crippen LogP contribution >= 0.6 is 0 Å². The van der Waals surface area contributed by atoms with E-state index in [4.69, 9.17) is 48.2 Å². The predicted molar refractivity (Wildman–Crippen MR) is 31.2 cm³/mol. The third-order valence-corrected chi connectivity index (χ3v) is 0. The minimum Gasteiger partial charge on any atom is -0.759 e. The third-order valence-electron chi connectivity index (χ3n) is 0. The van der Waals surface area contributed by atoms with Crippen LogP contribution < -0.4 is 0 Å². The smallest absolute Gasteiger partial charge is 0.0689 e. The minimum atomic E-state index is -5.17. The largest absolute Gasteiger partial charge is 0.759 e. The van der Waals surface area contributed by atoms with E-state index in [2.05, 4.69) is 0 Å². The van der Waals surface area contributed by atoms with Crippen LogP contribution in [0.3, 0.4) is 0 Å². The molecule has 0 aromatic rings. The summed E-state index contributed by atoms with van der Waals surface area (Å²) >= 11 is 0. The highest BCUT2D eigenvalue weighted by Crippen LogP contribution is 1.57. The lowest BCUT2D eigenvalue weighted by molar-refractivity contribution is -0.403. The molecule has 0 unspecified atom stereocenters. The fourth-order valence-corrected chi connectivity index (χ4v) is 0. The van der Waals surface area contributed by atoms with Crippen LogP contribution in [0, 0.1) is 30.6 Å². The second-order valence-electron chi connectivity index (χ2n) is 0.855. The average molecular weight is 220 g/mol. The molecular weight excluding hydrogens is 220 g/mol. The summed E-state index contributed by atoms with van der Waals surface area (Å²) in [6, 6.07) is 0. The summed E-state index contributed by atoms with van der Waals surface area (Å²) in [7, 11) is -5.17. The Kier molecular flexibility index (Phi) is 11.2. The molecule has 80 valence electrons. The molecule has 0 radical (unpaired) electrons. The van der Waals surface area contributed by atoms with Gasteiger partial charge in [0, 0.05) is 10.4 Å². The lowest BCUT2D eigenvalue weighted by atomic mass is 13.1. The summed E-state index contributed by atoms with van der Waals surface area (Å²) < 4.78 is 34.1. The molecule has 13 heteroatoms. The van der Waals surface area contributed by atoms with Gasteiger partial charge in [0.05, 0.1) is 10.2 Å². The molecule has 0 saturated heterocycles. The lowest BCUT2D eigenvalue weighted by Crippen LogP contribution is -1.91. The normalized spacial score (nSPS) is 8.15. The Morgan fingerprint density at radius 3 is 0.769 bits per heavy atom.